The largest absolute Gasteiger partial charge is 0.388 e. The van der Waals surface area contributed by atoms with E-state index >= 15 is 0 Å². The first-order chi connectivity index (χ1) is 12.6. The lowest BCUT2D eigenvalue weighted by Gasteiger charge is -2.17. The number of para-hydroxylation sites is 1. The predicted molar refractivity (Wildman–Crippen MR) is 108 cm³/mol. The summed E-state index contributed by atoms with van der Waals surface area (Å²) in [6.45, 7) is 1.94. The van der Waals surface area contributed by atoms with Crippen molar-refractivity contribution in [2.75, 3.05) is 11.9 Å². The van der Waals surface area contributed by atoms with Crippen LogP contribution in [0.2, 0.25) is 0 Å². The SMILES string of the molecule is CC(/C=C\C=C(/C#N)N(C)c1ccccc1)C(O)/C=C/c1ccccc1. The molecule has 0 spiro atoms. The van der Waals surface area contributed by atoms with E-state index in [-0.39, 0.29) is 5.92 Å². The molecule has 0 heterocycles. The van der Waals surface area contributed by atoms with E-state index in [1.54, 1.807) is 12.2 Å². The summed E-state index contributed by atoms with van der Waals surface area (Å²) < 4.78 is 0. The summed E-state index contributed by atoms with van der Waals surface area (Å²) in [5, 5.41) is 19.6. The van der Waals surface area contributed by atoms with E-state index in [1.165, 1.54) is 0 Å². The molecule has 2 aromatic carbocycles. The van der Waals surface area contributed by atoms with Gasteiger partial charge in [-0.05, 0) is 23.8 Å². The Hall–Kier alpha value is -3.09. The lowest BCUT2D eigenvalue weighted by molar-refractivity contribution is 0.186. The summed E-state index contributed by atoms with van der Waals surface area (Å²) in [7, 11) is 1.86. The van der Waals surface area contributed by atoms with E-state index in [2.05, 4.69) is 6.07 Å². The molecule has 1 N–H and O–H groups in total. The molecule has 0 aliphatic heterocycles. The highest BCUT2D eigenvalue weighted by Crippen LogP contribution is 2.16. The van der Waals surface area contributed by atoms with Gasteiger partial charge in [-0.2, -0.15) is 5.26 Å². The fraction of sp³-hybridized carbons (Fsp3) is 0.174. The van der Waals surface area contributed by atoms with Gasteiger partial charge in [0.05, 0.1) is 6.10 Å². The summed E-state index contributed by atoms with van der Waals surface area (Å²) in [5.74, 6) is -0.0619. The number of hydrogen-bond acceptors (Lipinski definition) is 3. The van der Waals surface area contributed by atoms with Gasteiger partial charge in [0.1, 0.15) is 11.8 Å². The van der Waals surface area contributed by atoms with E-state index in [0.717, 1.165) is 11.3 Å². The standard InChI is InChI=1S/C23H24N2O/c1-19(23(26)17-16-20-11-5-3-6-12-20)10-9-15-22(18-24)25(2)21-13-7-4-8-14-21/h3-17,19,23,26H,1-2H3/b10-9-,17-16+,22-15+. The lowest BCUT2D eigenvalue weighted by Crippen LogP contribution is -2.15. The number of nitriles is 1. The minimum absolute atomic E-state index is 0.0619. The second-order valence-electron chi connectivity index (χ2n) is 6.06. The van der Waals surface area contributed by atoms with Gasteiger partial charge in [0, 0.05) is 18.7 Å². The van der Waals surface area contributed by atoms with Crippen LogP contribution in [0.1, 0.15) is 12.5 Å². The Balaban J connectivity index is 1.99. The van der Waals surface area contributed by atoms with Crippen LogP contribution >= 0.6 is 0 Å². The summed E-state index contributed by atoms with van der Waals surface area (Å²) in [5.41, 5.74) is 2.54. The van der Waals surface area contributed by atoms with Crippen molar-refractivity contribution in [1.29, 1.82) is 5.26 Å². The molecule has 0 aromatic heterocycles. The molecule has 0 amide bonds. The molecule has 0 fully saturated rings. The molecule has 132 valence electrons. The smallest absolute Gasteiger partial charge is 0.120 e. The average molecular weight is 344 g/mol. The van der Waals surface area contributed by atoms with Crippen LogP contribution in [0.3, 0.4) is 0 Å². The number of allylic oxidation sites excluding steroid dienone is 3. The van der Waals surface area contributed by atoms with Crippen LogP contribution in [0.25, 0.3) is 6.08 Å². The van der Waals surface area contributed by atoms with Gasteiger partial charge < -0.3 is 10.0 Å². The second-order valence-corrected chi connectivity index (χ2v) is 6.06. The van der Waals surface area contributed by atoms with Crippen molar-refractivity contribution in [2.24, 2.45) is 5.92 Å². The molecule has 2 unspecified atom stereocenters. The summed E-state index contributed by atoms with van der Waals surface area (Å²) >= 11 is 0. The number of nitrogens with zero attached hydrogens (tertiary/aromatic N) is 2. The van der Waals surface area contributed by atoms with Crippen molar-refractivity contribution < 1.29 is 5.11 Å². The number of benzene rings is 2. The van der Waals surface area contributed by atoms with Crippen LogP contribution in [0.15, 0.2) is 90.7 Å². The van der Waals surface area contributed by atoms with Gasteiger partial charge in [0.15, 0.2) is 0 Å². The first-order valence-electron chi connectivity index (χ1n) is 8.60. The van der Waals surface area contributed by atoms with E-state index in [0.29, 0.717) is 5.70 Å². The van der Waals surface area contributed by atoms with Crippen LogP contribution in [-0.4, -0.2) is 18.3 Å². The van der Waals surface area contributed by atoms with Crippen LogP contribution in [0, 0.1) is 17.2 Å². The zero-order chi connectivity index (χ0) is 18.8. The monoisotopic (exact) mass is 344 g/mol. The Bertz CT molecular complexity index is 801. The molecule has 0 aliphatic carbocycles. The maximum absolute atomic E-state index is 10.3. The minimum Gasteiger partial charge on any atom is -0.388 e. The Kier molecular flexibility index (Phi) is 7.42. The zero-order valence-electron chi connectivity index (χ0n) is 15.2. The maximum Gasteiger partial charge on any atom is 0.120 e. The van der Waals surface area contributed by atoms with Crippen LogP contribution < -0.4 is 4.90 Å². The first-order valence-corrected chi connectivity index (χ1v) is 8.60. The van der Waals surface area contributed by atoms with Gasteiger partial charge >= 0.3 is 0 Å². The van der Waals surface area contributed by atoms with E-state index in [4.69, 9.17) is 0 Å². The van der Waals surface area contributed by atoms with Crippen LogP contribution in [-0.2, 0) is 0 Å². The fourth-order valence-electron chi connectivity index (χ4n) is 2.40. The topological polar surface area (TPSA) is 47.3 Å². The Morgan fingerprint density at radius 2 is 1.65 bits per heavy atom. The highest BCUT2D eigenvalue weighted by molar-refractivity contribution is 5.55. The predicted octanol–water partition coefficient (Wildman–Crippen LogP) is 4.80. The molecule has 3 nitrogen and oxygen atoms in total. The van der Waals surface area contributed by atoms with Crippen LogP contribution in [0.5, 0.6) is 0 Å². The normalized spacial score (nSPS) is 14.3. The van der Waals surface area contributed by atoms with E-state index < -0.39 is 6.10 Å². The molecule has 26 heavy (non-hydrogen) atoms. The molecule has 0 radical (unpaired) electrons. The molecular weight excluding hydrogens is 320 g/mol. The molecule has 2 aromatic rings. The molecule has 0 bridgehead atoms. The van der Waals surface area contributed by atoms with E-state index in [9.17, 15) is 10.4 Å². The molecule has 3 heteroatoms. The molecule has 0 saturated heterocycles. The van der Waals surface area contributed by atoms with Gasteiger partial charge in [0.2, 0.25) is 0 Å². The number of rotatable bonds is 7. The number of aliphatic hydroxyl groups is 1. The van der Waals surface area contributed by atoms with Gasteiger partial charge in [-0.3, -0.25) is 0 Å². The number of hydrogen-bond donors (Lipinski definition) is 1. The first kappa shape index (κ1) is 19.2. The maximum atomic E-state index is 10.3. The Labute approximate surface area is 155 Å². The number of anilines is 1. The Morgan fingerprint density at radius 3 is 2.27 bits per heavy atom. The molecule has 2 atom stereocenters. The third-order valence-corrected chi connectivity index (χ3v) is 4.11. The molecule has 0 saturated carbocycles. The zero-order valence-corrected chi connectivity index (χ0v) is 15.2. The van der Waals surface area contributed by atoms with Crippen molar-refractivity contribution in [3.05, 3.63) is 96.2 Å². The fourth-order valence-corrected chi connectivity index (χ4v) is 2.40. The summed E-state index contributed by atoms with van der Waals surface area (Å²) in [6, 6.07) is 21.8. The quantitative estimate of drug-likeness (QED) is 0.580. The van der Waals surface area contributed by atoms with Gasteiger partial charge in [-0.15, -0.1) is 0 Å². The average Bonchev–Trinajstić information content (AvgIpc) is 2.70. The van der Waals surface area contributed by atoms with Crippen molar-refractivity contribution in [2.45, 2.75) is 13.0 Å². The molecule has 0 aliphatic rings. The van der Waals surface area contributed by atoms with Crippen molar-refractivity contribution in [3.63, 3.8) is 0 Å². The van der Waals surface area contributed by atoms with Gasteiger partial charge in [0.25, 0.3) is 0 Å². The highest BCUT2D eigenvalue weighted by Gasteiger charge is 2.08. The minimum atomic E-state index is -0.586. The molecule has 2 rings (SSSR count). The second kappa shape index (κ2) is 10.0. The van der Waals surface area contributed by atoms with Gasteiger partial charge in [-0.25, -0.2) is 0 Å². The lowest BCUT2D eigenvalue weighted by atomic mass is 10.0. The summed E-state index contributed by atoms with van der Waals surface area (Å²) in [4.78, 5) is 1.83. The van der Waals surface area contributed by atoms with Crippen LogP contribution in [0.4, 0.5) is 5.69 Å². The van der Waals surface area contributed by atoms with Crippen molar-refractivity contribution >= 4 is 11.8 Å². The third kappa shape index (κ3) is 5.77. The van der Waals surface area contributed by atoms with Crippen molar-refractivity contribution in [3.8, 4) is 6.07 Å². The third-order valence-electron chi connectivity index (χ3n) is 4.11. The van der Waals surface area contributed by atoms with Crippen molar-refractivity contribution in [1.82, 2.24) is 0 Å². The summed E-state index contributed by atoms with van der Waals surface area (Å²) in [6.07, 6.45) is 8.59. The van der Waals surface area contributed by atoms with Gasteiger partial charge in [-0.1, -0.05) is 79.8 Å². The highest BCUT2D eigenvalue weighted by atomic mass is 16.3. The number of aliphatic hydroxyl groups excluding tert-OH is 1. The Morgan fingerprint density at radius 1 is 1.04 bits per heavy atom. The van der Waals surface area contributed by atoms with E-state index in [1.807, 2.05) is 97.8 Å². The molecular formula is C23H24N2O.